The van der Waals surface area contributed by atoms with E-state index < -0.39 is 22.7 Å². The molecule has 0 amide bonds. The van der Waals surface area contributed by atoms with Crippen LogP contribution in [0.4, 0.5) is 5.69 Å². The van der Waals surface area contributed by atoms with Crippen LogP contribution >= 0.6 is 12.2 Å². The highest BCUT2D eigenvalue weighted by molar-refractivity contribution is 7.80. The van der Waals surface area contributed by atoms with Gasteiger partial charge < -0.3 is 15.4 Å². The van der Waals surface area contributed by atoms with Crippen LogP contribution in [0, 0.1) is 16.0 Å². The van der Waals surface area contributed by atoms with Crippen LogP contribution in [0.2, 0.25) is 0 Å². The van der Waals surface area contributed by atoms with Crippen molar-refractivity contribution in [1.82, 2.24) is 10.6 Å². The number of ether oxygens (including phenoxy) is 1. The van der Waals surface area contributed by atoms with Gasteiger partial charge in [-0.2, -0.15) is 0 Å². The number of Topliss-reactive ketones (excluding diaryl/α,β-unsaturated/α-hetero) is 1. The molecule has 9 heteroatoms. The van der Waals surface area contributed by atoms with Crippen LogP contribution in [0.1, 0.15) is 32.4 Å². The van der Waals surface area contributed by atoms with Crippen molar-refractivity contribution in [3.05, 3.63) is 51.2 Å². The van der Waals surface area contributed by atoms with Gasteiger partial charge >= 0.3 is 5.97 Å². The van der Waals surface area contributed by atoms with Crippen LogP contribution in [-0.2, 0) is 14.3 Å². The second kappa shape index (κ2) is 8.05. The highest BCUT2D eigenvalue weighted by Crippen LogP contribution is 2.31. The second-order valence-corrected chi connectivity index (χ2v) is 6.32. The van der Waals surface area contributed by atoms with Gasteiger partial charge in [-0.05, 0) is 42.8 Å². The average molecular weight is 377 g/mol. The molecular weight excluding hydrogens is 358 g/mol. The summed E-state index contributed by atoms with van der Waals surface area (Å²) in [7, 11) is 0. The van der Waals surface area contributed by atoms with Crippen LogP contribution in [0.25, 0.3) is 0 Å². The number of ketones is 1. The zero-order valence-electron chi connectivity index (χ0n) is 14.6. The highest BCUT2D eigenvalue weighted by Gasteiger charge is 2.36. The summed E-state index contributed by atoms with van der Waals surface area (Å²) in [6.45, 7) is 5.42. The molecular formula is C17H19N3O5S. The molecule has 2 rings (SSSR count). The molecule has 0 bridgehead atoms. The molecule has 1 aromatic rings. The Bertz CT molecular complexity index is 786. The Kier molecular flexibility index (Phi) is 6.04. The second-order valence-electron chi connectivity index (χ2n) is 5.91. The van der Waals surface area contributed by atoms with Gasteiger partial charge in [-0.15, -0.1) is 0 Å². The van der Waals surface area contributed by atoms with Gasteiger partial charge in [-0.25, -0.2) is 4.79 Å². The number of hydrogen-bond donors (Lipinski definition) is 2. The van der Waals surface area contributed by atoms with Crippen molar-refractivity contribution in [1.29, 1.82) is 0 Å². The quantitative estimate of drug-likeness (QED) is 0.255. The lowest BCUT2D eigenvalue weighted by molar-refractivity contribution is -0.384. The Hall–Kier alpha value is -2.81. The van der Waals surface area contributed by atoms with Gasteiger partial charge in [0.05, 0.1) is 23.1 Å². The summed E-state index contributed by atoms with van der Waals surface area (Å²) >= 11 is 5.21. The van der Waals surface area contributed by atoms with E-state index in [1.807, 2.05) is 13.8 Å². The molecule has 1 aromatic carbocycles. The third kappa shape index (κ3) is 4.05. The third-order valence-electron chi connectivity index (χ3n) is 3.82. The molecule has 1 aliphatic heterocycles. The van der Waals surface area contributed by atoms with Gasteiger partial charge in [0.25, 0.3) is 11.5 Å². The molecule has 1 atom stereocenters. The fourth-order valence-electron chi connectivity index (χ4n) is 2.64. The summed E-state index contributed by atoms with van der Waals surface area (Å²) in [4.78, 5) is 35.1. The molecule has 0 aliphatic carbocycles. The smallest absolute Gasteiger partial charge is 0.379 e. The molecule has 26 heavy (non-hydrogen) atoms. The molecule has 1 heterocycles. The van der Waals surface area contributed by atoms with Crippen LogP contribution in [0.5, 0.6) is 0 Å². The molecule has 0 saturated carbocycles. The van der Waals surface area contributed by atoms with Crippen molar-refractivity contribution in [3.63, 3.8) is 0 Å². The van der Waals surface area contributed by atoms with Crippen molar-refractivity contribution in [2.45, 2.75) is 26.8 Å². The Balaban J connectivity index is 2.54. The Morgan fingerprint density at radius 1 is 1.31 bits per heavy atom. The van der Waals surface area contributed by atoms with Crippen LogP contribution in [0.3, 0.4) is 0 Å². The number of nitro groups is 1. The summed E-state index contributed by atoms with van der Waals surface area (Å²) in [5.74, 6) is -1.84. The number of nitro benzene ring substituents is 1. The van der Waals surface area contributed by atoms with Gasteiger partial charge in [0.1, 0.15) is 0 Å². The van der Waals surface area contributed by atoms with Crippen LogP contribution in [-0.4, -0.2) is 28.4 Å². The summed E-state index contributed by atoms with van der Waals surface area (Å²) in [6, 6.07) is 5.02. The van der Waals surface area contributed by atoms with E-state index in [0.29, 0.717) is 16.4 Å². The molecule has 0 radical (unpaired) electrons. The Labute approximate surface area is 155 Å². The minimum Gasteiger partial charge on any atom is -0.460 e. The van der Waals surface area contributed by atoms with Crippen LogP contribution < -0.4 is 10.6 Å². The number of rotatable bonds is 6. The first-order chi connectivity index (χ1) is 12.3. The summed E-state index contributed by atoms with van der Waals surface area (Å²) in [5.41, 5.74) is 1.22. The fourth-order valence-corrected chi connectivity index (χ4v) is 2.87. The number of esters is 1. The number of nitrogens with one attached hydrogen (secondary N) is 2. The summed E-state index contributed by atoms with van der Waals surface area (Å²) < 4.78 is 4.85. The molecule has 0 spiro atoms. The van der Waals surface area contributed by atoms with Crippen molar-refractivity contribution in [3.8, 4) is 0 Å². The zero-order valence-corrected chi connectivity index (χ0v) is 15.4. The van der Waals surface area contributed by atoms with Gasteiger partial charge in [0.15, 0.2) is 5.11 Å². The molecule has 0 fully saturated rings. The fraction of sp³-hybridized carbons (Fsp3) is 0.353. The van der Waals surface area contributed by atoms with Crippen molar-refractivity contribution < 1.29 is 19.2 Å². The van der Waals surface area contributed by atoms with Crippen molar-refractivity contribution >= 4 is 34.8 Å². The first-order valence-electron chi connectivity index (χ1n) is 8.03. The predicted molar refractivity (Wildman–Crippen MR) is 98.2 cm³/mol. The van der Waals surface area contributed by atoms with Crippen LogP contribution in [0.15, 0.2) is 35.5 Å². The number of benzene rings is 1. The van der Waals surface area contributed by atoms with Gasteiger partial charge in [0, 0.05) is 17.8 Å². The van der Waals surface area contributed by atoms with E-state index in [1.54, 1.807) is 6.92 Å². The number of non-ortho nitro benzene ring substituents is 1. The van der Waals surface area contributed by atoms with Gasteiger partial charge in [0.2, 0.25) is 0 Å². The average Bonchev–Trinajstić information content (AvgIpc) is 2.60. The first kappa shape index (κ1) is 19.5. The number of carbonyl (C=O) groups excluding carboxylic acids is 2. The summed E-state index contributed by atoms with van der Waals surface area (Å²) in [5, 5.41) is 17.0. The Morgan fingerprint density at radius 3 is 2.42 bits per heavy atom. The van der Waals surface area contributed by atoms with E-state index in [-0.39, 0.29) is 23.8 Å². The molecule has 1 aliphatic rings. The minimum atomic E-state index is -0.955. The number of hydrogen-bond acceptors (Lipinski definition) is 6. The zero-order chi connectivity index (χ0) is 19.4. The first-order valence-corrected chi connectivity index (χ1v) is 8.44. The van der Waals surface area contributed by atoms with E-state index in [0.717, 1.165) is 0 Å². The normalized spacial score (nSPS) is 16.8. The maximum atomic E-state index is 12.7. The van der Waals surface area contributed by atoms with Crippen molar-refractivity contribution in [2.24, 2.45) is 5.92 Å². The molecule has 138 valence electrons. The van der Waals surface area contributed by atoms with Crippen molar-refractivity contribution in [2.75, 3.05) is 6.61 Å². The van der Waals surface area contributed by atoms with E-state index in [1.165, 1.54) is 24.3 Å². The topological polar surface area (TPSA) is 111 Å². The maximum Gasteiger partial charge on any atom is 0.379 e. The monoisotopic (exact) mass is 377 g/mol. The SMILES string of the molecule is CCOC(=O)C(=O)C1=C(C(C)C)NC(=S)N[C@@H]1c1ccc([N+](=O)[O-])cc1. The number of allylic oxidation sites excluding steroid dienone is 1. The molecule has 2 N–H and O–H groups in total. The maximum absolute atomic E-state index is 12.7. The number of thiocarbonyl (C=S) groups is 1. The van der Waals surface area contributed by atoms with Gasteiger partial charge in [-0.3, -0.25) is 14.9 Å². The summed E-state index contributed by atoms with van der Waals surface area (Å²) in [6.07, 6.45) is 0. The lowest BCUT2D eigenvalue weighted by Crippen LogP contribution is -2.47. The van der Waals surface area contributed by atoms with E-state index in [4.69, 9.17) is 17.0 Å². The van der Waals surface area contributed by atoms with E-state index >= 15 is 0 Å². The number of nitrogens with zero attached hydrogens (tertiary/aromatic N) is 1. The lowest BCUT2D eigenvalue weighted by Gasteiger charge is -2.32. The highest BCUT2D eigenvalue weighted by atomic mass is 32.1. The molecule has 0 unspecified atom stereocenters. The lowest BCUT2D eigenvalue weighted by atomic mass is 9.89. The standard InChI is InChI=1S/C17H19N3O5S/c1-4-25-16(22)15(21)12-13(9(2)3)18-17(26)19-14(12)10-5-7-11(8-6-10)20(23)24/h5-9,14H,4H2,1-3H3,(H2,18,19,26)/t14-/m1/s1. The van der Waals surface area contributed by atoms with E-state index in [9.17, 15) is 19.7 Å². The molecule has 8 nitrogen and oxygen atoms in total. The predicted octanol–water partition coefficient (Wildman–Crippen LogP) is 2.16. The van der Waals surface area contributed by atoms with Gasteiger partial charge in [-0.1, -0.05) is 13.8 Å². The molecule has 0 aromatic heterocycles. The number of carbonyl (C=O) groups is 2. The minimum absolute atomic E-state index is 0.0726. The Morgan fingerprint density at radius 2 is 1.92 bits per heavy atom. The van der Waals surface area contributed by atoms with E-state index in [2.05, 4.69) is 10.6 Å². The molecule has 0 saturated heterocycles. The largest absolute Gasteiger partial charge is 0.460 e. The third-order valence-corrected chi connectivity index (χ3v) is 4.04.